The van der Waals surface area contributed by atoms with Crippen LogP contribution in [0.5, 0.6) is 0 Å². The fraction of sp³-hybridized carbons (Fsp3) is 0.455. The van der Waals surface area contributed by atoms with Gasteiger partial charge in [-0.2, -0.15) is 17.5 Å². The molecular weight excluding hydrogens is 459 g/mol. The minimum atomic E-state index is -4.54. The van der Waals surface area contributed by atoms with Gasteiger partial charge in [-0.1, -0.05) is 25.1 Å². The van der Waals surface area contributed by atoms with E-state index in [2.05, 4.69) is 10.3 Å². The summed E-state index contributed by atoms with van der Waals surface area (Å²) >= 11 is 0. The molecule has 0 spiro atoms. The predicted molar refractivity (Wildman–Crippen MR) is 115 cm³/mol. The molecule has 1 fully saturated rings. The summed E-state index contributed by atoms with van der Waals surface area (Å²) in [5.74, 6) is -1.86. The van der Waals surface area contributed by atoms with E-state index in [-0.39, 0.29) is 30.8 Å². The van der Waals surface area contributed by atoms with Crippen LogP contribution in [0.1, 0.15) is 42.4 Å². The summed E-state index contributed by atoms with van der Waals surface area (Å²) in [5.41, 5.74) is 0.478. The van der Waals surface area contributed by atoms with Gasteiger partial charge in [0.15, 0.2) is 0 Å². The third kappa shape index (κ3) is 3.71. The second kappa shape index (κ2) is 8.37. The molecule has 4 rings (SSSR count). The number of halogens is 3. The van der Waals surface area contributed by atoms with Gasteiger partial charge in [-0.05, 0) is 42.0 Å². The first-order chi connectivity index (χ1) is 15.5. The highest BCUT2D eigenvalue weighted by Crippen LogP contribution is 2.54. The Labute approximate surface area is 189 Å². The lowest BCUT2D eigenvalue weighted by atomic mass is 9.92. The molecule has 33 heavy (non-hydrogen) atoms. The van der Waals surface area contributed by atoms with E-state index < -0.39 is 38.4 Å². The van der Waals surface area contributed by atoms with Crippen LogP contribution < -0.4 is 5.32 Å². The number of carbonyl (C=O) groups is 1. The molecule has 1 aliphatic carbocycles. The molecule has 1 aromatic heterocycles. The topological polar surface area (TPSA) is 99.6 Å². The summed E-state index contributed by atoms with van der Waals surface area (Å²) in [6, 6.07) is 6.84. The largest absolute Gasteiger partial charge is 0.480 e. The van der Waals surface area contributed by atoms with Crippen molar-refractivity contribution in [3.05, 3.63) is 53.2 Å². The summed E-state index contributed by atoms with van der Waals surface area (Å²) in [7, 11) is -4.28. The summed E-state index contributed by atoms with van der Waals surface area (Å²) in [5, 5.41) is 13.4. The Morgan fingerprint density at radius 3 is 2.48 bits per heavy atom. The lowest BCUT2D eigenvalue weighted by Crippen LogP contribution is -2.55. The van der Waals surface area contributed by atoms with E-state index in [9.17, 15) is 31.5 Å². The maximum Gasteiger partial charge on any atom is 0.417 e. The van der Waals surface area contributed by atoms with E-state index in [0.717, 1.165) is 12.3 Å². The highest BCUT2D eigenvalue weighted by Gasteiger charge is 2.61. The number of hydrogen-bond acceptors (Lipinski definition) is 5. The number of alkyl halides is 3. The summed E-state index contributed by atoms with van der Waals surface area (Å²) in [4.78, 5) is 16.6. The number of benzene rings is 1. The summed E-state index contributed by atoms with van der Waals surface area (Å²) in [6.07, 6.45) is -3.48. The Balaban J connectivity index is 1.90. The normalized spacial score (nSPS) is 23.9. The highest BCUT2D eigenvalue weighted by molar-refractivity contribution is 7.90. The van der Waals surface area contributed by atoms with Crippen molar-refractivity contribution in [1.82, 2.24) is 14.6 Å². The molecule has 0 radical (unpaired) electrons. The SMILES string of the molecule is CCC1CC(C(=O)O)(S(=O)(=O)N2CCNCC2)c2cccc(-c3ccc(C(F)(F)F)cn3)c21. The van der Waals surface area contributed by atoms with Crippen molar-refractivity contribution in [2.24, 2.45) is 0 Å². The highest BCUT2D eigenvalue weighted by atomic mass is 32.2. The number of fused-ring (bicyclic) bond motifs is 1. The zero-order chi connectivity index (χ0) is 24.0. The number of nitrogens with one attached hydrogen (secondary N) is 1. The lowest BCUT2D eigenvalue weighted by molar-refractivity contribution is -0.140. The maximum atomic E-state index is 13.8. The standard InChI is InChI=1S/C22H24F3N3O4S/c1-2-14-12-21(20(29)30,33(31,32)28-10-8-26-9-11-28)17-5-3-4-16(19(14)17)18-7-6-15(13-27-18)22(23,24)25/h3-7,13-14,26H,2,8-12H2,1H3,(H,29,30). The van der Waals surface area contributed by atoms with Gasteiger partial charge in [-0.3, -0.25) is 9.78 Å². The maximum absolute atomic E-state index is 13.8. The number of aliphatic carboxylic acids is 1. The molecule has 1 aromatic carbocycles. The number of nitrogens with zero attached hydrogens (tertiary/aromatic N) is 2. The van der Waals surface area contributed by atoms with E-state index in [1.54, 1.807) is 6.07 Å². The van der Waals surface area contributed by atoms with Crippen LogP contribution in [0, 0.1) is 0 Å². The van der Waals surface area contributed by atoms with Crippen molar-refractivity contribution in [1.29, 1.82) is 0 Å². The van der Waals surface area contributed by atoms with E-state index in [4.69, 9.17) is 0 Å². The van der Waals surface area contributed by atoms with Gasteiger partial charge in [-0.15, -0.1) is 0 Å². The second-order valence-electron chi connectivity index (χ2n) is 8.29. The number of sulfonamides is 1. The van der Waals surface area contributed by atoms with Crippen LogP contribution in [0.25, 0.3) is 11.3 Å². The molecule has 0 saturated carbocycles. The van der Waals surface area contributed by atoms with Gasteiger partial charge in [-0.25, -0.2) is 8.42 Å². The van der Waals surface area contributed by atoms with Crippen LogP contribution in [0.4, 0.5) is 13.2 Å². The number of carboxylic acid groups (broad SMARTS) is 1. The van der Waals surface area contributed by atoms with E-state index in [0.29, 0.717) is 30.6 Å². The van der Waals surface area contributed by atoms with Crippen LogP contribution in [0.2, 0.25) is 0 Å². The molecule has 2 heterocycles. The van der Waals surface area contributed by atoms with Crippen molar-refractivity contribution in [2.75, 3.05) is 26.2 Å². The fourth-order valence-electron chi connectivity index (χ4n) is 4.87. The monoisotopic (exact) mass is 483 g/mol. The molecule has 11 heteroatoms. The predicted octanol–water partition coefficient (Wildman–Crippen LogP) is 3.18. The van der Waals surface area contributed by atoms with Crippen LogP contribution in [-0.2, 0) is 25.7 Å². The minimum absolute atomic E-state index is 0.141. The molecule has 0 bridgehead atoms. The zero-order valence-corrected chi connectivity index (χ0v) is 18.7. The Bertz CT molecular complexity index is 1160. The van der Waals surface area contributed by atoms with Gasteiger partial charge in [0.2, 0.25) is 14.8 Å². The van der Waals surface area contributed by atoms with Crippen LogP contribution in [0.3, 0.4) is 0 Å². The van der Waals surface area contributed by atoms with Gasteiger partial charge in [0, 0.05) is 37.9 Å². The molecule has 2 atom stereocenters. The smallest absolute Gasteiger partial charge is 0.417 e. The van der Waals surface area contributed by atoms with Gasteiger partial charge in [0.05, 0.1) is 11.3 Å². The van der Waals surface area contributed by atoms with E-state index in [1.807, 2.05) is 6.92 Å². The molecule has 0 amide bonds. The van der Waals surface area contributed by atoms with Gasteiger partial charge in [0.1, 0.15) is 0 Å². The molecule has 178 valence electrons. The van der Waals surface area contributed by atoms with Crippen LogP contribution >= 0.6 is 0 Å². The molecule has 2 unspecified atom stereocenters. The third-order valence-electron chi connectivity index (χ3n) is 6.54. The molecular formula is C22H24F3N3O4S. The first-order valence-electron chi connectivity index (χ1n) is 10.6. The second-order valence-corrected chi connectivity index (χ2v) is 10.5. The Hall–Kier alpha value is -2.50. The lowest BCUT2D eigenvalue weighted by Gasteiger charge is -2.35. The van der Waals surface area contributed by atoms with Crippen molar-refractivity contribution in [3.63, 3.8) is 0 Å². The van der Waals surface area contributed by atoms with Gasteiger partial charge < -0.3 is 10.4 Å². The molecule has 2 aliphatic rings. The molecule has 1 saturated heterocycles. The van der Waals surface area contributed by atoms with Crippen LogP contribution in [0.15, 0.2) is 36.5 Å². The van der Waals surface area contributed by atoms with Gasteiger partial charge >= 0.3 is 12.1 Å². The Morgan fingerprint density at radius 1 is 1.24 bits per heavy atom. The first-order valence-corrected chi connectivity index (χ1v) is 12.1. The van der Waals surface area contributed by atoms with E-state index in [1.165, 1.54) is 22.5 Å². The van der Waals surface area contributed by atoms with Crippen molar-refractivity contribution in [3.8, 4) is 11.3 Å². The number of aromatic nitrogens is 1. The Kier molecular flexibility index (Phi) is 6.00. The quantitative estimate of drug-likeness (QED) is 0.678. The molecule has 2 aromatic rings. The van der Waals surface area contributed by atoms with E-state index >= 15 is 0 Å². The number of rotatable bonds is 5. The summed E-state index contributed by atoms with van der Waals surface area (Å²) in [6.45, 7) is 3.02. The number of carboxylic acids is 1. The molecule has 1 aliphatic heterocycles. The zero-order valence-electron chi connectivity index (χ0n) is 17.9. The van der Waals surface area contributed by atoms with Crippen molar-refractivity contribution >= 4 is 16.0 Å². The third-order valence-corrected chi connectivity index (χ3v) is 9.03. The number of pyridine rings is 1. The minimum Gasteiger partial charge on any atom is -0.480 e. The average molecular weight is 484 g/mol. The average Bonchev–Trinajstić information content (AvgIpc) is 3.16. The first kappa shape index (κ1) is 23.7. The molecule has 2 N–H and O–H groups in total. The summed E-state index contributed by atoms with van der Waals surface area (Å²) < 4.78 is 65.5. The number of hydrogen-bond donors (Lipinski definition) is 2. The van der Waals surface area contributed by atoms with Crippen molar-refractivity contribution in [2.45, 2.75) is 36.6 Å². The van der Waals surface area contributed by atoms with Crippen molar-refractivity contribution < 1.29 is 31.5 Å². The number of piperazine rings is 1. The van der Waals surface area contributed by atoms with Crippen LogP contribution in [-0.4, -0.2) is 55.0 Å². The Morgan fingerprint density at radius 2 is 1.94 bits per heavy atom. The fourth-order valence-corrected chi connectivity index (χ4v) is 7.06. The molecule has 7 nitrogen and oxygen atoms in total. The van der Waals surface area contributed by atoms with Gasteiger partial charge in [0.25, 0.3) is 0 Å².